The van der Waals surface area contributed by atoms with E-state index < -0.39 is 5.97 Å². The van der Waals surface area contributed by atoms with Gasteiger partial charge in [-0.2, -0.15) is 0 Å². The van der Waals surface area contributed by atoms with Crippen molar-refractivity contribution in [2.75, 3.05) is 13.2 Å². The third-order valence-electron chi connectivity index (χ3n) is 3.31. The summed E-state index contributed by atoms with van der Waals surface area (Å²) < 4.78 is 7.25. The first-order chi connectivity index (χ1) is 8.66. The van der Waals surface area contributed by atoms with E-state index in [1.807, 2.05) is 29.7 Å². The van der Waals surface area contributed by atoms with Gasteiger partial charge in [-0.3, -0.25) is 0 Å². The summed E-state index contributed by atoms with van der Waals surface area (Å²) in [5.74, 6) is -0.00230. The Morgan fingerprint density at radius 2 is 2.39 bits per heavy atom. The van der Waals surface area contributed by atoms with E-state index in [9.17, 15) is 9.90 Å². The first-order valence-electron chi connectivity index (χ1n) is 5.96. The maximum atomic E-state index is 11.2. The van der Waals surface area contributed by atoms with Crippen molar-refractivity contribution < 1.29 is 14.6 Å². The summed E-state index contributed by atoms with van der Waals surface area (Å²) in [7, 11) is 0. The largest absolute Gasteiger partial charge is 0.476 e. The number of imidazole rings is 1. The van der Waals surface area contributed by atoms with Crippen LogP contribution in [0.2, 0.25) is 0 Å². The van der Waals surface area contributed by atoms with E-state index in [2.05, 4.69) is 4.98 Å². The number of hydrogen-bond acceptors (Lipinski definition) is 3. The highest BCUT2D eigenvalue weighted by atomic mass is 16.5. The molecule has 1 N–H and O–H groups in total. The molecule has 94 valence electrons. The molecular weight excluding hydrogens is 232 g/mol. The standard InChI is InChI=1S/C13H14N2O3/c1-8-2-3-10-11(13(16)17)14-12(15(10)6-8)9-4-5-18-7-9/h2-3,6,9H,4-5,7H2,1H3,(H,16,17). The number of aromatic nitrogens is 2. The van der Waals surface area contributed by atoms with Crippen molar-refractivity contribution in [2.45, 2.75) is 19.3 Å². The molecule has 1 unspecified atom stereocenters. The van der Waals surface area contributed by atoms with Gasteiger partial charge in [0.2, 0.25) is 0 Å². The summed E-state index contributed by atoms with van der Waals surface area (Å²) in [6, 6.07) is 3.71. The van der Waals surface area contributed by atoms with E-state index in [1.54, 1.807) is 0 Å². The van der Waals surface area contributed by atoms with E-state index in [0.717, 1.165) is 17.8 Å². The Hall–Kier alpha value is -1.88. The summed E-state index contributed by atoms with van der Waals surface area (Å²) in [4.78, 5) is 15.5. The molecule has 18 heavy (non-hydrogen) atoms. The Morgan fingerprint density at radius 3 is 3.06 bits per heavy atom. The number of carbonyl (C=O) groups is 1. The minimum atomic E-state index is -0.985. The fraction of sp³-hybridized carbons (Fsp3) is 0.385. The predicted octanol–water partition coefficient (Wildman–Crippen LogP) is 1.84. The number of fused-ring (bicyclic) bond motifs is 1. The van der Waals surface area contributed by atoms with E-state index in [0.29, 0.717) is 18.7 Å². The van der Waals surface area contributed by atoms with Gasteiger partial charge in [0.25, 0.3) is 0 Å². The van der Waals surface area contributed by atoms with Gasteiger partial charge in [-0.05, 0) is 25.0 Å². The number of carboxylic acids is 1. The number of rotatable bonds is 2. The van der Waals surface area contributed by atoms with E-state index >= 15 is 0 Å². The lowest BCUT2D eigenvalue weighted by atomic mass is 10.1. The third kappa shape index (κ3) is 1.67. The summed E-state index contributed by atoms with van der Waals surface area (Å²) >= 11 is 0. The highest BCUT2D eigenvalue weighted by molar-refractivity contribution is 5.93. The van der Waals surface area contributed by atoms with Gasteiger partial charge in [0.1, 0.15) is 5.82 Å². The maximum Gasteiger partial charge on any atom is 0.356 e. The topological polar surface area (TPSA) is 63.8 Å². The third-order valence-corrected chi connectivity index (χ3v) is 3.31. The highest BCUT2D eigenvalue weighted by Crippen LogP contribution is 2.27. The van der Waals surface area contributed by atoms with Crippen LogP contribution in [0.1, 0.15) is 34.2 Å². The van der Waals surface area contributed by atoms with Gasteiger partial charge in [0, 0.05) is 18.7 Å². The molecule has 1 saturated heterocycles. The first kappa shape index (κ1) is 11.2. The molecule has 0 saturated carbocycles. The molecule has 0 amide bonds. The number of pyridine rings is 1. The van der Waals surface area contributed by atoms with Crippen molar-refractivity contribution in [3.8, 4) is 0 Å². The predicted molar refractivity (Wildman–Crippen MR) is 65.1 cm³/mol. The molecule has 5 nitrogen and oxygen atoms in total. The van der Waals surface area contributed by atoms with Crippen LogP contribution < -0.4 is 0 Å². The Balaban J connectivity index is 2.23. The maximum absolute atomic E-state index is 11.2. The van der Waals surface area contributed by atoms with Gasteiger partial charge < -0.3 is 14.2 Å². The van der Waals surface area contributed by atoms with E-state index in [-0.39, 0.29) is 11.6 Å². The molecule has 2 aromatic rings. The smallest absolute Gasteiger partial charge is 0.356 e. The van der Waals surface area contributed by atoms with E-state index in [4.69, 9.17) is 4.74 Å². The molecular formula is C13H14N2O3. The Bertz CT molecular complexity index is 612. The molecule has 1 atom stereocenters. The average Bonchev–Trinajstić information content (AvgIpc) is 2.93. The molecule has 0 bridgehead atoms. The quantitative estimate of drug-likeness (QED) is 0.878. The zero-order chi connectivity index (χ0) is 12.7. The number of ether oxygens (including phenoxy) is 1. The Morgan fingerprint density at radius 1 is 1.56 bits per heavy atom. The van der Waals surface area contributed by atoms with Crippen molar-refractivity contribution >= 4 is 11.5 Å². The Labute approximate surface area is 104 Å². The molecule has 0 aliphatic carbocycles. The molecule has 5 heteroatoms. The SMILES string of the molecule is Cc1ccc2c(C(=O)O)nc(C3CCOC3)n2c1. The van der Waals surface area contributed by atoms with Crippen LogP contribution in [-0.2, 0) is 4.74 Å². The van der Waals surface area contributed by atoms with Crippen LogP contribution in [-0.4, -0.2) is 33.7 Å². The molecule has 0 spiro atoms. The van der Waals surface area contributed by atoms with Gasteiger partial charge in [-0.15, -0.1) is 0 Å². The molecule has 3 heterocycles. The number of aromatic carboxylic acids is 1. The van der Waals surface area contributed by atoms with Crippen molar-refractivity contribution in [3.63, 3.8) is 0 Å². The van der Waals surface area contributed by atoms with Crippen molar-refractivity contribution in [1.82, 2.24) is 9.38 Å². The van der Waals surface area contributed by atoms with Crippen molar-refractivity contribution in [2.24, 2.45) is 0 Å². The molecule has 0 radical (unpaired) electrons. The second-order valence-electron chi connectivity index (χ2n) is 4.65. The van der Waals surface area contributed by atoms with Gasteiger partial charge in [0.05, 0.1) is 12.1 Å². The minimum absolute atomic E-state index is 0.122. The fourth-order valence-electron chi connectivity index (χ4n) is 2.40. The van der Waals surface area contributed by atoms with Crippen molar-refractivity contribution in [1.29, 1.82) is 0 Å². The normalized spacial score (nSPS) is 19.5. The monoisotopic (exact) mass is 246 g/mol. The van der Waals surface area contributed by atoms with Crippen LogP contribution in [0.5, 0.6) is 0 Å². The summed E-state index contributed by atoms with van der Waals surface area (Å²) in [5, 5.41) is 9.20. The zero-order valence-electron chi connectivity index (χ0n) is 10.1. The number of carboxylic acid groups (broad SMARTS) is 1. The molecule has 3 rings (SSSR count). The van der Waals surface area contributed by atoms with Gasteiger partial charge >= 0.3 is 5.97 Å². The van der Waals surface area contributed by atoms with Gasteiger partial charge in [-0.1, -0.05) is 6.07 Å². The summed E-state index contributed by atoms with van der Waals surface area (Å²) in [6.07, 6.45) is 2.83. The van der Waals surface area contributed by atoms with Crippen LogP contribution >= 0.6 is 0 Å². The number of nitrogens with zero attached hydrogens (tertiary/aromatic N) is 2. The molecule has 1 aliphatic rings. The zero-order valence-corrected chi connectivity index (χ0v) is 10.1. The molecule has 2 aromatic heterocycles. The van der Waals surface area contributed by atoms with Gasteiger partial charge in [-0.25, -0.2) is 9.78 Å². The van der Waals surface area contributed by atoms with E-state index in [1.165, 1.54) is 0 Å². The lowest BCUT2D eigenvalue weighted by Crippen LogP contribution is -2.04. The van der Waals surface area contributed by atoms with Gasteiger partial charge in [0.15, 0.2) is 5.69 Å². The highest BCUT2D eigenvalue weighted by Gasteiger charge is 2.25. The minimum Gasteiger partial charge on any atom is -0.476 e. The number of aryl methyl sites for hydroxylation is 1. The van der Waals surface area contributed by atoms with Crippen LogP contribution in [0.4, 0.5) is 0 Å². The van der Waals surface area contributed by atoms with Crippen LogP contribution in [0.15, 0.2) is 18.3 Å². The lowest BCUT2D eigenvalue weighted by Gasteiger charge is -2.06. The molecule has 0 aromatic carbocycles. The van der Waals surface area contributed by atoms with Crippen LogP contribution in [0.3, 0.4) is 0 Å². The second-order valence-corrected chi connectivity index (χ2v) is 4.65. The molecule has 1 aliphatic heterocycles. The number of hydrogen-bond donors (Lipinski definition) is 1. The lowest BCUT2D eigenvalue weighted by molar-refractivity contribution is 0.0693. The van der Waals surface area contributed by atoms with Crippen LogP contribution in [0.25, 0.3) is 5.52 Å². The summed E-state index contributed by atoms with van der Waals surface area (Å²) in [5.41, 5.74) is 1.85. The Kier molecular flexibility index (Phi) is 2.56. The van der Waals surface area contributed by atoms with Crippen molar-refractivity contribution in [3.05, 3.63) is 35.4 Å². The first-order valence-corrected chi connectivity index (χ1v) is 5.96. The summed E-state index contributed by atoms with van der Waals surface area (Å²) in [6.45, 7) is 3.31. The molecule has 1 fully saturated rings. The second kappa shape index (κ2) is 4.10. The van der Waals surface area contributed by atoms with Crippen LogP contribution in [0, 0.1) is 6.92 Å². The fourth-order valence-corrected chi connectivity index (χ4v) is 2.40. The average molecular weight is 246 g/mol.